The first kappa shape index (κ1) is 22.3. The van der Waals surface area contributed by atoms with Gasteiger partial charge in [0.25, 0.3) is 5.91 Å². The summed E-state index contributed by atoms with van der Waals surface area (Å²) in [5, 5.41) is 0.630. The molecule has 5 rings (SSSR count). The molecule has 3 heterocycles. The largest absolute Gasteiger partial charge is 0.493 e. The molecule has 3 aliphatic heterocycles. The van der Waals surface area contributed by atoms with Gasteiger partial charge in [0, 0.05) is 42.3 Å². The van der Waals surface area contributed by atoms with Gasteiger partial charge in [-0.25, -0.2) is 0 Å². The molecular formula is C27H31ClN2O3. The van der Waals surface area contributed by atoms with E-state index in [-0.39, 0.29) is 5.91 Å². The first-order chi connectivity index (χ1) is 16.1. The van der Waals surface area contributed by atoms with Gasteiger partial charge in [0.15, 0.2) is 11.5 Å². The quantitative estimate of drug-likeness (QED) is 0.516. The lowest BCUT2D eigenvalue weighted by Gasteiger charge is -2.34. The van der Waals surface area contributed by atoms with Crippen molar-refractivity contribution < 1.29 is 14.3 Å². The fourth-order valence-electron chi connectivity index (χ4n) is 5.61. The van der Waals surface area contributed by atoms with Gasteiger partial charge < -0.3 is 14.4 Å². The second-order valence-corrected chi connectivity index (χ2v) is 9.54. The van der Waals surface area contributed by atoms with E-state index in [1.54, 1.807) is 24.2 Å². The summed E-state index contributed by atoms with van der Waals surface area (Å²) in [6.07, 6.45) is 10.8. The number of halogens is 1. The number of nitrogens with zero attached hydrogens (tertiary/aromatic N) is 2. The standard InChI is InChI=1S/C27H31ClN2O3/c1-32-25-17-20-13-14-30(27(31)12-9-19-5-2-3-8-23(19)28)24(20)18-26(25)33-16-15-29-21-6-4-7-22(29)11-10-21/h2-3,5,8-9,12,17-18,21-22H,4,6-7,10-11,13-16H2,1H3/b12-9+. The Morgan fingerprint density at radius 2 is 1.91 bits per heavy atom. The van der Waals surface area contributed by atoms with Gasteiger partial charge in [-0.3, -0.25) is 9.69 Å². The van der Waals surface area contributed by atoms with E-state index in [1.807, 2.05) is 36.4 Å². The van der Waals surface area contributed by atoms with Crippen molar-refractivity contribution in [2.24, 2.45) is 0 Å². The highest BCUT2D eigenvalue weighted by Gasteiger charge is 2.36. The third kappa shape index (κ3) is 4.62. The molecule has 33 heavy (non-hydrogen) atoms. The number of amides is 1. The number of ether oxygens (including phenoxy) is 2. The number of anilines is 1. The monoisotopic (exact) mass is 466 g/mol. The number of hydrogen-bond donors (Lipinski definition) is 0. The van der Waals surface area contributed by atoms with Crippen LogP contribution in [0.1, 0.15) is 43.2 Å². The summed E-state index contributed by atoms with van der Waals surface area (Å²) in [6.45, 7) is 2.21. The Morgan fingerprint density at radius 1 is 1.12 bits per heavy atom. The lowest BCUT2D eigenvalue weighted by Crippen LogP contribution is -2.41. The van der Waals surface area contributed by atoms with Gasteiger partial charge in [-0.1, -0.05) is 36.2 Å². The third-order valence-electron chi connectivity index (χ3n) is 7.29. The van der Waals surface area contributed by atoms with Crippen LogP contribution in [0, 0.1) is 0 Å². The van der Waals surface area contributed by atoms with Gasteiger partial charge in [-0.05, 0) is 61.4 Å². The van der Waals surface area contributed by atoms with Gasteiger partial charge in [-0.15, -0.1) is 0 Å². The molecule has 1 amide bonds. The molecule has 0 N–H and O–H groups in total. The van der Waals surface area contributed by atoms with Crippen molar-refractivity contribution in [2.45, 2.75) is 50.6 Å². The summed E-state index contributed by atoms with van der Waals surface area (Å²) in [6, 6.07) is 12.9. The number of rotatable bonds is 7. The maximum Gasteiger partial charge on any atom is 0.251 e. The molecule has 0 aliphatic carbocycles. The maximum atomic E-state index is 13.0. The van der Waals surface area contributed by atoms with Crippen LogP contribution in [-0.2, 0) is 11.2 Å². The van der Waals surface area contributed by atoms with E-state index in [9.17, 15) is 4.79 Å². The Kier molecular flexibility index (Phi) is 6.61. The van der Waals surface area contributed by atoms with Gasteiger partial charge in [0.1, 0.15) is 6.61 Å². The Labute approximate surface area is 200 Å². The van der Waals surface area contributed by atoms with E-state index in [4.69, 9.17) is 21.1 Å². The smallest absolute Gasteiger partial charge is 0.251 e. The summed E-state index contributed by atoms with van der Waals surface area (Å²) in [7, 11) is 1.67. The topological polar surface area (TPSA) is 42.0 Å². The van der Waals surface area contributed by atoms with Crippen molar-refractivity contribution in [1.29, 1.82) is 0 Å². The molecule has 0 saturated carbocycles. The van der Waals surface area contributed by atoms with Gasteiger partial charge in [0.2, 0.25) is 0 Å². The second kappa shape index (κ2) is 9.78. The molecule has 2 atom stereocenters. The van der Waals surface area contributed by atoms with Gasteiger partial charge in [0.05, 0.1) is 12.8 Å². The number of carbonyl (C=O) groups excluding carboxylic acids is 1. The highest BCUT2D eigenvalue weighted by atomic mass is 35.5. The predicted molar refractivity (Wildman–Crippen MR) is 132 cm³/mol. The Hall–Kier alpha value is -2.50. The summed E-state index contributed by atoms with van der Waals surface area (Å²) in [5.74, 6) is 1.38. The van der Waals surface area contributed by atoms with Crippen LogP contribution in [0.15, 0.2) is 42.5 Å². The van der Waals surface area contributed by atoms with E-state index in [1.165, 1.54) is 32.1 Å². The minimum Gasteiger partial charge on any atom is -0.493 e. The average molecular weight is 467 g/mol. The molecule has 0 aromatic heterocycles. The van der Waals surface area contributed by atoms with Crippen LogP contribution in [-0.4, -0.2) is 49.7 Å². The van der Waals surface area contributed by atoms with Gasteiger partial charge in [-0.2, -0.15) is 0 Å². The second-order valence-electron chi connectivity index (χ2n) is 9.13. The van der Waals surface area contributed by atoms with Gasteiger partial charge >= 0.3 is 0 Å². The van der Waals surface area contributed by atoms with Crippen molar-refractivity contribution in [3.63, 3.8) is 0 Å². The lowest BCUT2D eigenvalue weighted by molar-refractivity contribution is -0.114. The van der Waals surface area contributed by atoms with Crippen LogP contribution in [0.5, 0.6) is 11.5 Å². The molecule has 6 heteroatoms. The zero-order valence-electron chi connectivity index (χ0n) is 19.1. The molecule has 2 unspecified atom stereocenters. The van der Waals surface area contributed by atoms with Crippen LogP contribution in [0.25, 0.3) is 6.08 Å². The SMILES string of the molecule is COc1cc2c(cc1OCCN1C3CCCC1CC3)N(C(=O)/C=C/c1ccccc1Cl)CC2. The number of methoxy groups -OCH3 is 1. The van der Waals surface area contributed by atoms with Crippen LogP contribution >= 0.6 is 11.6 Å². The summed E-state index contributed by atoms with van der Waals surface area (Å²) in [4.78, 5) is 17.4. The normalized spacial score (nSPS) is 22.1. The van der Waals surface area contributed by atoms with Crippen molar-refractivity contribution in [3.05, 3.63) is 58.6 Å². The van der Waals surface area contributed by atoms with Crippen LogP contribution in [0.3, 0.4) is 0 Å². The summed E-state index contributed by atoms with van der Waals surface area (Å²) < 4.78 is 11.8. The lowest BCUT2D eigenvalue weighted by atomic mass is 10.0. The minimum absolute atomic E-state index is 0.0605. The van der Waals surface area contributed by atoms with Crippen molar-refractivity contribution >= 4 is 29.3 Å². The highest BCUT2D eigenvalue weighted by Crippen LogP contribution is 2.39. The van der Waals surface area contributed by atoms with E-state index in [0.717, 1.165) is 47.6 Å². The highest BCUT2D eigenvalue weighted by molar-refractivity contribution is 6.32. The number of benzene rings is 2. The number of piperidine rings is 1. The number of hydrogen-bond acceptors (Lipinski definition) is 4. The van der Waals surface area contributed by atoms with E-state index >= 15 is 0 Å². The Morgan fingerprint density at radius 3 is 2.67 bits per heavy atom. The van der Waals surface area contributed by atoms with E-state index in [0.29, 0.717) is 23.9 Å². The fraction of sp³-hybridized carbons (Fsp3) is 0.444. The minimum atomic E-state index is -0.0605. The molecule has 2 fully saturated rings. The summed E-state index contributed by atoms with van der Waals surface area (Å²) >= 11 is 6.22. The first-order valence-electron chi connectivity index (χ1n) is 12.0. The molecule has 0 spiro atoms. The van der Waals surface area contributed by atoms with Crippen molar-refractivity contribution in [3.8, 4) is 11.5 Å². The van der Waals surface area contributed by atoms with Crippen molar-refractivity contribution in [2.75, 3.05) is 31.7 Å². The molecule has 3 aliphatic rings. The molecule has 0 radical (unpaired) electrons. The van der Waals surface area contributed by atoms with Crippen LogP contribution in [0.4, 0.5) is 5.69 Å². The number of fused-ring (bicyclic) bond motifs is 3. The number of carbonyl (C=O) groups is 1. The summed E-state index contributed by atoms with van der Waals surface area (Å²) in [5.41, 5.74) is 2.84. The average Bonchev–Trinajstić information content (AvgIpc) is 3.33. The zero-order valence-corrected chi connectivity index (χ0v) is 19.9. The molecule has 2 aromatic rings. The molecule has 2 bridgehead atoms. The first-order valence-corrected chi connectivity index (χ1v) is 12.4. The zero-order chi connectivity index (χ0) is 22.8. The van der Waals surface area contributed by atoms with E-state index in [2.05, 4.69) is 4.90 Å². The third-order valence-corrected chi connectivity index (χ3v) is 7.63. The molecule has 174 valence electrons. The van der Waals surface area contributed by atoms with Crippen LogP contribution in [0.2, 0.25) is 5.02 Å². The molecule has 2 aromatic carbocycles. The molecular weight excluding hydrogens is 436 g/mol. The molecule has 2 saturated heterocycles. The Bertz CT molecular complexity index is 1040. The van der Waals surface area contributed by atoms with Crippen LogP contribution < -0.4 is 14.4 Å². The molecule has 5 nitrogen and oxygen atoms in total. The van der Waals surface area contributed by atoms with E-state index < -0.39 is 0 Å². The maximum absolute atomic E-state index is 13.0. The fourth-order valence-corrected chi connectivity index (χ4v) is 5.81. The predicted octanol–water partition coefficient (Wildman–Crippen LogP) is 5.35. The van der Waals surface area contributed by atoms with Crippen molar-refractivity contribution in [1.82, 2.24) is 4.90 Å². The Balaban J connectivity index is 1.28.